The van der Waals surface area contributed by atoms with Crippen LogP contribution in [0.5, 0.6) is 0 Å². The van der Waals surface area contributed by atoms with Crippen LogP contribution in [-0.4, -0.2) is 9.97 Å². The van der Waals surface area contributed by atoms with Gasteiger partial charge in [-0.2, -0.15) is 0 Å². The minimum Gasteiger partial charge on any atom is -0.325 e. The zero-order chi connectivity index (χ0) is 12.1. The van der Waals surface area contributed by atoms with E-state index in [4.69, 9.17) is 5.73 Å². The van der Waals surface area contributed by atoms with Gasteiger partial charge in [-0.15, -0.1) is 0 Å². The summed E-state index contributed by atoms with van der Waals surface area (Å²) >= 11 is 0. The third kappa shape index (κ3) is 3.26. The molecule has 1 aromatic carbocycles. The molecule has 0 atom stereocenters. The highest BCUT2D eigenvalue weighted by Crippen LogP contribution is 2.03. The first-order valence-corrected chi connectivity index (χ1v) is 5.61. The van der Waals surface area contributed by atoms with Crippen LogP contribution in [0.1, 0.15) is 17.1 Å². The van der Waals surface area contributed by atoms with E-state index >= 15 is 0 Å². The fourth-order valence-corrected chi connectivity index (χ4v) is 1.69. The number of rotatable bonds is 4. The van der Waals surface area contributed by atoms with E-state index < -0.39 is 0 Å². The Kier molecular flexibility index (Phi) is 3.67. The second-order valence-corrected chi connectivity index (χ2v) is 3.87. The molecule has 0 saturated carbocycles. The number of nitrogens with one attached hydrogen (secondary N) is 1. The van der Waals surface area contributed by atoms with Crippen molar-refractivity contribution >= 4 is 0 Å². The quantitative estimate of drug-likeness (QED) is 0.822. The number of aromatic amines is 1. The minimum absolute atomic E-state index is 0.136. The molecule has 0 fully saturated rings. The van der Waals surface area contributed by atoms with Gasteiger partial charge in [0.15, 0.2) is 0 Å². The minimum atomic E-state index is -0.136. The number of aromatic nitrogens is 2. The third-order valence-corrected chi connectivity index (χ3v) is 2.55. The van der Waals surface area contributed by atoms with Crippen LogP contribution in [0.15, 0.2) is 41.2 Å². The molecular weight excluding hydrogens is 214 g/mol. The first-order valence-electron chi connectivity index (χ1n) is 5.61. The highest BCUT2D eigenvalue weighted by Gasteiger charge is 2.00. The van der Waals surface area contributed by atoms with Gasteiger partial charge in [0.05, 0.1) is 5.69 Å². The summed E-state index contributed by atoms with van der Waals surface area (Å²) in [6, 6.07) is 11.5. The van der Waals surface area contributed by atoms with Gasteiger partial charge >= 0.3 is 0 Å². The number of H-pyrrole nitrogens is 1. The molecule has 17 heavy (non-hydrogen) atoms. The number of benzene rings is 1. The molecule has 1 heterocycles. The van der Waals surface area contributed by atoms with Crippen LogP contribution in [0.25, 0.3) is 0 Å². The molecule has 0 spiro atoms. The normalized spacial score (nSPS) is 10.4. The lowest BCUT2D eigenvalue weighted by Gasteiger charge is -2.03. The standard InChI is InChI=1S/C13H15N3O/c14-9-11-8-13(17)16-12(15-11)7-6-10-4-2-1-3-5-10/h1-5,8H,6-7,9,14H2,(H,15,16,17). The van der Waals surface area contributed by atoms with Gasteiger partial charge in [-0.1, -0.05) is 30.3 Å². The molecule has 0 unspecified atom stereocenters. The molecular formula is C13H15N3O. The highest BCUT2D eigenvalue weighted by molar-refractivity contribution is 5.15. The van der Waals surface area contributed by atoms with Crippen molar-refractivity contribution in [2.75, 3.05) is 0 Å². The molecule has 3 N–H and O–H groups in total. The van der Waals surface area contributed by atoms with E-state index in [2.05, 4.69) is 22.1 Å². The van der Waals surface area contributed by atoms with Crippen LogP contribution in [0.3, 0.4) is 0 Å². The largest absolute Gasteiger partial charge is 0.325 e. The molecule has 1 aromatic heterocycles. The maximum absolute atomic E-state index is 11.3. The van der Waals surface area contributed by atoms with Gasteiger partial charge in [0.2, 0.25) is 0 Å². The third-order valence-electron chi connectivity index (χ3n) is 2.55. The molecule has 0 bridgehead atoms. The van der Waals surface area contributed by atoms with Crippen molar-refractivity contribution in [3.63, 3.8) is 0 Å². The van der Waals surface area contributed by atoms with Crippen molar-refractivity contribution in [1.29, 1.82) is 0 Å². The van der Waals surface area contributed by atoms with E-state index in [0.29, 0.717) is 24.5 Å². The Balaban J connectivity index is 2.09. The Morgan fingerprint density at radius 1 is 1.18 bits per heavy atom. The highest BCUT2D eigenvalue weighted by atomic mass is 16.1. The Morgan fingerprint density at radius 3 is 2.65 bits per heavy atom. The molecule has 0 aliphatic carbocycles. The lowest BCUT2D eigenvalue weighted by molar-refractivity contribution is 0.815. The smallest absolute Gasteiger partial charge is 0.251 e. The Morgan fingerprint density at radius 2 is 1.94 bits per heavy atom. The first kappa shape index (κ1) is 11.5. The lowest BCUT2D eigenvalue weighted by Crippen LogP contribution is -2.15. The summed E-state index contributed by atoms with van der Waals surface area (Å²) < 4.78 is 0. The number of aryl methyl sites for hydroxylation is 2. The van der Waals surface area contributed by atoms with Crippen LogP contribution >= 0.6 is 0 Å². The van der Waals surface area contributed by atoms with Crippen molar-refractivity contribution in [3.05, 3.63) is 63.8 Å². The fourth-order valence-electron chi connectivity index (χ4n) is 1.69. The number of hydrogen-bond donors (Lipinski definition) is 2. The fraction of sp³-hybridized carbons (Fsp3) is 0.231. The van der Waals surface area contributed by atoms with Crippen LogP contribution in [-0.2, 0) is 19.4 Å². The van der Waals surface area contributed by atoms with E-state index in [1.165, 1.54) is 11.6 Å². The molecule has 4 heteroatoms. The summed E-state index contributed by atoms with van der Waals surface area (Å²) in [6.07, 6.45) is 1.57. The number of nitrogens with zero attached hydrogens (tertiary/aromatic N) is 1. The second kappa shape index (κ2) is 5.41. The van der Waals surface area contributed by atoms with E-state index in [-0.39, 0.29) is 5.56 Å². The van der Waals surface area contributed by atoms with Gasteiger partial charge in [-0.25, -0.2) is 4.98 Å². The summed E-state index contributed by atoms with van der Waals surface area (Å²) in [6.45, 7) is 0.294. The van der Waals surface area contributed by atoms with Crippen molar-refractivity contribution in [2.45, 2.75) is 19.4 Å². The second-order valence-electron chi connectivity index (χ2n) is 3.87. The summed E-state index contributed by atoms with van der Waals surface area (Å²) in [4.78, 5) is 18.3. The average Bonchev–Trinajstić information content (AvgIpc) is 2.37. The van der Waals surface area contributed by atoms with Crippen molar-refractivity contribution in [1.82, 2.24) is 9.97 Å². The van der Waals surface area contributed by atoms with Crippen LogP contribution in [0, 0.1) is 0 Å². The monoisotopic (exact) mass is 229 g/mol. The van der Waals surface area contributed by atoms with Crippen LogP contribution in [0.2, 0.25) is 0 Å². The Hall–Kier alpha value is -1.94. The lowest BCUT2D eigenvalue weighted by atomic mass is 10.1. The Labute approximate surface area is 99.5 Å². The van der Waals surface area contributed by atoms with Gasteiger partial charge < -0.3 is 10.7 Å². The van der Waals surface area contributed by atoms with Gasteiger partial charge in [0.25, 0.3) is 5.56 Å². The van der Waals surface area contributed by atoms with Crippen LogP contribution < -0.4 is 11.3 Å². The summed E-state index contributed by atoms with van der Waals surface area (Å²) in [5.41, 5.74) is 7.21. The number of hydrogen-bond acceptors (Lipinski definition) is 3. The molecule has 0 amide bonds. The summed E-state index contributed by atoms with van der Waals surface area (Å²) in [5.74, 6) is 0.696. The van der Waals surface area contributed by atoms with Gasteiger partial charge in [-0.3, -0.25) is 4.79 Å². The number of nitrogens with two attached hydrogens (primary N) is 1. The predicted molar refractivity (Wildman–Crippen MR) is 66.6 cm³/mol. The van der Waals surface area contributed by atoms with Crippen molar-refractivity contribution < 1.29 is 0 Å². The molecule has 0 aliphatic rings. The van der Waals surface area contributed by atoms with E-state index in [1.807, 2.05) is 18.2 Å². The zero-order valence-corrected chi connectivity index (χ0v) is 9.52. The molecule has 2 aromatic rings. The molecule has 2 rings (SSSR count). The SMILES string of the molecule is NCc1cc(=O)[nH]c(CCc2ccccc2)n1. The Bertz CT molecular complexity index is 534. The topological polar surface area (TPSA) is 71.8 Å². The average molecular weight is 229 g/mol. The van der Waals surface area contributed by atoms with Gasteiger partial charge in [-0.05, 0) is 12.0 Å². The van der Waals surface area contributed by atoms with Crippen molar-refractivity contribution in [3.8, 4) is 0 Å². The summed E-state index contributed by atoms with van der Waals surface area (Å²) in [5, 5.41) is 0. The maximum atomic E-state index is 11.3. The molecule has 0 saturated heterocycles. The summed E-state index contributed by atoms with van der Waals surface area (Å²) in [7, 11) is 0. The molecule has 4 nitrogen and oxygen atoms in total. The van der Waals surface area contributed by atoms with Gasteiger partial charge in [0, 0.05) is 19.0 Å². The van der Waals surface area contributed by atoms with E-state index in [1.54, 1.807) is 0 Å². The van der Waals surface area contributed by atoms with Gasteiger partial charge in [0.1, 0.15) is 5.82 Å². The molecule has 0 radical (unpaired) electrons. The maximum Gasteiger partial charge on any atom is 0.251 e. The molecule has 0 aliphatic heterocycles. The van der Waals surface area contributed by atoms with Crippen molar-refractivity contribution in [2.24, 2.45) is 5.73 Å². The zero-order valence-electron chi connectivity index (χ0n) is 9.52. The van der Waals surface area contributed by atoms with E-state index in [9.17, 15) is 4.79 Å². The van der Waals surface area contributed by atoms with Crippen LogP contribution in [0.4, 0.5) is 0 Å². The molecule has 88 valence electrons. The first-order chi connectivity index (χ1) is 8.28. The van der Waals surface area contributed by atoms with E-state index in [0.717, 1.165) is 6.42 Å². The predicted octanol–water partition coefficient (Wildman–Crippen LogP) is 1.01.